The lowest BCUT2D eigenvalue weighted by Crippen LogP contribution is -2.52. The molecular weight excluding hydrogens is 332 g/mol. The lowest BCUT2D eigenvalue weighted by molar-refractivity contribution is -0.0771. The molecule has 0 bridgehead atoms. The first-order chi connectivity index (χ1) is 10.00. The maximum absolute atomic E-state index is 6.19. The summed E-state index contributed by atoms with van der Waals surface area (Å²) in [4.78, 5) is 0.392. The fraction of sp³-hybridized carbons (Fsp3) is 0.647. The van der Waals surface area contributed by atoms with Crippen molar-refractivity contribution in [1.82, 2.24) is 0 Å². The molecule has 3 nitrogen and oxygen atoms in total. The Morgan fingerprint density at radius 1 is 1.38 bits per heavy atom. The highest BCUT2D eigenvalue weighted by atomic mass is 79.9. The minimum atomic E-state index is -0.141. The van der Waals surface area contributed by atoms with Crippen LogP contribution in [0.15, 0.2) is 18.2 Å². The van der Waals surface area contributed by atoms with E-state index in [1.165, 1.54) is 5.56 Å². The Labute approximate surface area is 135 Å². The summed E-state index contributed by atoms with van der Waals surface area (Å²) in [6.45, 7) is 7.13. The molecule has 1 aliphatic heterocycles. The maximum Gasteiger partial charge on any atom is 0.165 e. The van der Waals surface area contributed by atoms with E-state index in [2.05, 4.69) is 42.8 Å². The van der Waals surface area contributed by atoms with Gasteiger partial charge in [0.05, 0.1) is 0 Å². The lowest BCUT2D eigenvalue weighted by Gasteiger charge is -2.41. The molecule has 0 saturated heterocycles. The van der Waals surface area contributed by atoms with Crippen LogP contribution in [0.25, 0.3) is 0 Å². The van der Waals surface area contributed by atoms with Gasteiger partial charge in [0.15, 0.2) is 11.5 Å². The Balaban J connectivity index is 1.71. The van der Waals surface area contributed by atoms with Crippen LogP contribution in [0, 0.1) is 0 Å². The quantitative estimate of drug-likeness (QED) is 0.744. The van der Waals surface area contributed by atoms with Crippen molar-refractivity contribution in [2.24, 2.45) is 0 Å². The molecule has 0 aromatic heterocycles. The molecule has 0 spiro atoms. The van der Waals surface area contributed by atoms with E-state index < -0.39 is 0 Å². The largest absolute Gasteiger partial charge is 0.484 e. The number of para-hydroxylation sites is 1. The zero-order valence-corrected chi connectivity index (χ0v) is 14.5. The van der Waals surface area contributed by atoms with Crippen LogP contribution in [0.3, 0.4) is 0 Å². The summed E-state index contributed by atoms with van der Waals surface area (Å²) < 4.78 is 18.1. The Bertz CT molecular complexity index is 515. The number of benzene rings is 1. The van der Waals surface area contributed by atoms with Crippen LogP contribution < -0.4 is 9.47 Å². The van der Waals surface area contributed by atoms with E-state index in [1.807, 2.05) is 12.1 Å². The topological polar surface area (TPSA) is 27.7 Å². The van der Waals surface area contributed by atoms with Gasteiger partial charge in [-0.3, -0.25) is 0 Å². The van der Waals surface area contributed by atoms with Gasteiger partial charge in [-0.25, -0.2) is 0 Å². The molecule has 1 aliphatic carbocycles. The van der Waals surface area contributed by atoms with Crippen LogP contribution in [0.1, 0.15) is 39.2 Å². The van der Waals surface area contributed by atoms with Crippen LogP contribution in [-0.4, -0.2) is 29.2 Å². The van der Waals surface area contributed by atoms with E-state index >= 15 is 0 Å². The Morgan fingerprint density at radius 2 is 2.19 bits per heavy atom. The summed E-state index contributed by atoms with van der Waals surface area (Å²) in [5, 5.41) is 0. The van der Waals surface area contributed by atoms with E-state index in [9.17, 15) is 0 Å². The number of rotatable bonds is 5. The van der Waals surface area contributed by atoms with Gasteiger partial charge in [-0.1, -0.05) is 35.0 Å². The minimum Gasteiger partial charge on any atom is -0.484 e. The second-order valence-corrected chi connectivity index (χ2v) is 7.70. The van der Waals surface area contributed by atoms with Gasteiger partial charge in [-0.2, -0.15) is 0 Å². The Morgan fingerprint density at radius 3 is 2.90 bits per heavy atom. The molecule has 1 fully saturated rings. The van der Waals surface area contributed by atoms with Crippen molar-refractivity contribution in [3.63, 3.8) is 0 Å². The third-order valence-corrected chi connectivity index (χ3v) is 4.92. The van der Waals surface area contributed by atoms with Gasteiger partial charge < -0.3 is 14.2 Å². The molecule has 1 saturated carbocycles. The van der Waals surface area contributed by atoms with Crippen molar-refractivity contribution in [2.45, 2.75) is 62.7 Å². The summed E-state index contributed by atoms with van der Waals surface area (Å²) in [5.41, 5.74) is 1.09. The monoisotopic (exact) mass is 354 g/mol. The molecular formula is C17H23BrO3. The molecule has 2 aliphatic rings. The van der Waals surface area contributed by atoms with E-state index in [0.29, 0.717) is 4.83 Å². The SMILES string of the molecule is CCCOC1C(Br)CC1Oc1cccc2c1OC(C)(C)C2. The van der Waals surface area contributed by atoms with Gasteiger partial charge in [0.1, 0.15) is 17.8 Å². The smallest absolute Gasteiger partial charge is 0.165 e. The van der Waals surface area contributed by atoms with E-state index in [0.717, 1.165) is 37.4 Å². The standard InChI is InChI=1S/C17H23BrO3/c1-4-8-19-16-12(18)9-14(16)20-13-7-5-6-11-10-17(2,3)21-15(11)13/h5-7,12,14,16H,4,8-10H2,1-3H3. The summed E-state index contributed by atoms with van der Waals surface area (Å²) >= 11 is 3.65. The molecule has 3 atom stereocenters. The van der Waals surface area contributed by atoms with Crippen LogP contribution in [0.2, 0.25) is 0 Å². The molecule has 3 unspecified atom stereocenters. The normalized spacial score (nSPS) is 29.4. The molecule has 0 radical (unpaired) electrons. The highest BCUT2D eigenvalue weighted by Gasteiger charge is 2.43. The number of fused-ring (bicyclic) bond motifs is 1. The lowest BCUT2D eigenvalue weighted by atomic mass is 9.91. The van der Waals surface area contributed by atoms with Gasteiger partial charge in [0.25, 0.3) is 0 Å². The molecule has 116 valence electrons. The first-order valence-electron chi connectivity index (χ1n) is 7.73. The summed E-state index contributed by atoms with van der Waals surface area (Å²) in [6, 6.07) is 6.17. The first-order valence-corrected chi connectivity index (χ1v) is 8.65. The molecule has 1 aromatic rings. The molecule has 1 aromatic carbocycles. The maximum atomic E-state index is 6.19. The molecule has 21 heavy (non-hydrogen) atoms. The predicted octanol–water partition coefficient (Wildman–Crippen LogP) is 4.11. The van der Waals surface area contributed by atoms with E-state index in [-0.39, 0.29) is 17.8 Å². The molecule has 1 heterocycles. The van der Waals surface area contributed by atoms with Gasteiger partial charge in [-0.05, 0) is 26.3 Å². The van der Waals surface area contributed by atoms with Gasteiger partial charge in [0.2, 0.25) is 0 Å². The first kappa shape index (κ1) is 15.2. The van der Waals surface area contributed by atoms with Gasteiger partial charge in [-0.15, -0.1) is 0 Å². The average Bonchev–Trinajstić information content (AvgIpc) is 2.73. The van der Waals surface area contributed by atoms with Crippen molar-refractivity contribution >= 4 is 15.9 Å². The number of hydrogen-bond acceptors (Lipinski definition) is 3. The molecule has 0 N–H and O–H groups in total. The number of hydrogen-bond donors (Lipinski definition) is 0. The van der Waals surface area contributed by atoms with Crippen LogP contribution >= 0.6 is 15.9 Å². The summed E-state index contributed by atoms with van der Waals surface area (Å²) in [6.07, 6.45) is 3.18. The van der Waals surface area contributed by atoms with E-state index in [1.54, 1.807) is 0 Å². The van der Waals surface area contributed by atoms with Crippen molar-refractivity contribution in [3.05, 3.63) is 23.8 Å². The molecule has 3 rings (SSSR count). The zero-order chi connectivity index (χ0) is 15.0. The van der Waals surface area contributed by atoms with Crippen molar-refractivity contribution in [1.29, 1.82) is 0 Å². The van der Waals surface area contributed by atoms with Crippen LogP contribution in [0.5, 0.6) is 11.5 Å². The van der Waals surface area contributed by atoms with Gasteiger partial charge >= 0.3 is 0 Å². The highest BCUT2D eigenvalue weighted by Crippen LogP contribution is 2.44. The van der Waals surface area contributed by atoms with Crippen molar-refractivity contribution in [2.75, 3.05) is 6.61 Å². The second kappa shape index (κ2) is 5.81. The van der Waals surface area contributed by atoms with Crippen LogP contribution in [0.4, 0.5) is 0 Å². The van der Waals surface area contributed by atoms with Gasteiger partial charge in [0, 0.05) is 29.8 Å². The number of ether oxygens (including phenoxy) is 3. The predicted molar refractivity (Wildman–Crippen MR) is 86.6 cm³/mol. The molecule has 4 heteroatoms. The number of halogens is 1. The Kier molecular flexibility index (Phi) is 4.19. The third kappa shape index (κ3) is 3.07. The summed E-state index contributed by atoms with van der Waals surface area (Å²) in [5.74, 6) is 1.77. The number of alkyl halides is 1. The fourth-order valence-corrected chi connectivity index (χ4v) is 3.81. The van der Waals surface area contributed by atoms with E-state index in [4.69, 9.17) is 14.2 Å². The molecule has 0 amide bonds. The van der Waals surface area contributed by atoms with Crippen molar-refractivity contribution in [3.8, 4) is 11.5 Å². The van der Waals surface area contributed by atoms with Crippen molar-refractivity contribution < 1.29 is 14.2 Å². The zero-order valence-electron chi connectivity index (χ0n) is 12.9. The minimum absolute atomic E-state index is 0.111. The fourth-order valence-electron chi connectivity index (χ4n) is 2.95. The average molecular weight is 355 g/mol. The second-order valence-electron chi connectivity index (χ2n) is 6.53. The third-order valence-electron chi connectivity index (χ3n) is 4.03. The summed E-state index contributed by atoms with van der Waals surface area (Å²) in [7, 11) is 0. The van der Waals surface area contributed by atoms with Crippen LogP contribution in [-0.2, 0) is 11.2 Å². The Hall–Kier alpha value is -0.740. The highest BCUT2D eigenvalue weighted by molar-refractivity contribution is 9.09.